The highest BCUT2D eigenvalue weighted by molar-refractivity contribution is 6.32. The van der Waals surface area contributed by atoms with Crippen molar-refractivity contribution in [2.45, 2.75) is 31.8 Å². The number of benzene rings is 1. The zero-order valence-corrected chi connectivity index (χ0v) is 21.1. The Kier molecular flexibility index (Phi) is 6.70. The Morgan fingerprint density at radius 1 is 1.19 bits per heavy atom. The van der Waals surface area contributed by atoms with Gasteiger partial charge in [0.15, 0.2) is 16.9 Å². The lowest BCUT2D eigenvalue weighted by Crippen LogP contribution is -2.53. The number of piperidine rings is 1. The van der Waals surface area contributed by atoms with Crippen LogP contribution in [0.5, 0.6) is 17.4 Å². The molecule has 4 aromatic rings. The Bertz CT molecular complexity index is 1420. The first kappa shape index (κ1) is 24.6. The number of hydrogen-bond acceptors (Lipinski definition) is 8. The lowest BCUT2D eigenvalue weighted by molar-refractivity contribution is 0.173. The summed E-state index contributed by atoms with van der Waals surface area (Å²) >= 11 is 6.28. The van der Waals surface area contributed by atoms with Gasteiger partial charge < -0.3 is 24.8 Å². The van der Waals surface area contributed by atoms with Crippen LogP contribution in [0.15, 0.2) is 48.9 Å². The summed E-state index contributed by atoms with van der Waals surface area (Å²) in [5.41, 5.74) is 1.57. The molecule has 11 nitrogen and oxygen atoms in total. The smallest absolute Gasteiger partial charge is 0.405 e. The molecule has 0 aliphatic carbocycles. The van der Waals surface area contributed by atoms with Crippen molar-refractivity contribution >= 4 is 34.7 Å². The van der Waals surface area contributed by atoms with Gasteiger partial charge in [0.1, 0.15) is 11.6 Å². The number of pyridine rings is 1. The summed E-state index contributed by atoms with van der Waals surface area (Å²) in [6.07, 6.45) is 5.08. The SMILES string of the molecule is COc1ccc(Cn2nc(Oc3cnccc3Cl)c3ncc(N4CCC(C)(NC(=O)O)CC4)nc32)cc1. The topological polar surface area (TPSA) is 128 Å². The molecule has 1 aliphatic heterocycles. The average Bonchev–Trinajstić information content (AvgIpc) is 3.22. The van der Waals surface area contributed by atoms with Crippen LogP contribution in [0, 0.1) is 0 Å². The molecule has 1 saturated heterocycles. The molecule has 0 atom stereocenters. The van der Waals surface area contributed by atoms with Crippen molar-refractivity contribution in [3.63, 3.8) is 0 Å². The van der Waals surface area contributed by atoms with E-state index in [4.69, 9.17) is 31.2 Å². The number of fused-ring (bicyclic) bond motifs is 1. The van der Waals surface area contributed by atoms with E-state index in [1.807, 2.05) is 31.2 Å². The summed E-state index contributed by atoms with van der Waals surface area (Å²) in [5, 5.41) is 16.9. The molecule has 3 aromatic heterocycles. The van der Waals surface area contributed by atoms with Gasteiger partial charge in [0.05, 0.1) is 31.1 Å². The van der Waals surface area contributed by atoms with E-state index < -0.39 is 11.6 Å². The summed E-state index contributed by atoms with van der Waals surface area (Å²) in [6, 6.07) is 9.34. The molecule has 0 unspecified atom stereocenters. The highest BCUT2D eigenvalue weighted by Crippen LogP contribution is 2.33. The zero-order valence-electron chi connectivity index (χ0n) is 20.4. The first-order chi connectivity index (χ1) is 17.8. The number of ether oxygens (including phenoxy) is 2. The van der Waals surface area contributed by atoms with E-state index in [0.717, 1.165) is 11.3 Å². The van der Waals surface area contributed by atoms with Crippen LogP contribution in [0.1, 0.15) is 25.3 Å². The Labute approximate surface area is 218 Å². The van der Waals surface area contributed by atoms with E-state index in [0.29, 0.717) is 60.2 Å². The Morgan fingerprint density at radius 2 is 1.95 bits per heavy atom. The standard InChI is InChI=1S/C25H26ClN7O4/c1-25(30-24(34)35)8-11-32(12-9-25)20-14-28-21-22(29-20)33(15-16-3-5-17(36-2)6-4-16)31-23(21)37-19-13-27-10-7-18(19)26/h3-7,10,13-14,30H,8-9,11-12,15H2,1-2H3,(H,34,35). The number of carboxylic acid groups (broad SMARTS) is 1. The number of aromatic nitrogens is 5. The van der Waals surface area contributed by atoms with Crippen molar-refractivity contribution in [1.29, 1.82) is 0 Å². The van der Waals surface area contributed by atoms with Crippen molar-refractivity contribution in [1.82, 2.24) is 30.0 Å². The molecule has 0 radical (unpaired) electrons. The maximum Gasteiger partial charge on any atom is 0.405 e. The van der Waals surface area contributed by atoms with Crippen LogP contribution < -0.4 is 19.7 Å². The molecule has 1 aliphatic rings. The molecule has 4 heterocycles. The van der Waals surface area contributed by atoms with Crippen LogP contribution >= 0.6 is 11.6 Å². The van der Waals surface area contributed by atoms with Gasteiger partial charge in [-0.05, 0) is 43.5 Å². The Morgan fingerprint density at radius 3 is 2.62 bits per heavy atom. The van der Waals surface area contributed by atoms with Crippen molar-refractivity contribution in [3.05, 3.63) is 59.5 Å². The zero-order chi connectivity index (χ0) is 26.0. The molecule has 5 rings (SSSR count). The molecule has 1 fully saturated rings. The predicted octanol–water partition coefficient (Wildman–Crippen LogP) is 4.35. The highest BCUT2D eigenvalue weighted by Gasteiger charge is 2.32. The molecule has 0 bridgehead atoms. The number of amides is 1. The van der Waals surface area contributed by atoms with Crippen LogP contribution in [0.3, 0.4) is 0 Å². The van der Waals surface area contributed by atoms with Crippen molar-refractivity contribution in [2.24, 2.45) is 0 Å². The molecule has 37 heavy (non-hydrogen) atoms. The summed E-state index contributed by atoms with van der Waals surface area (Å²) in [5.74, 6) is 2.09. The highest BCUT2D eigenvalue weighted by atomic mass is 35.5. The number of nitrogens with zero attached hydrogens (tertiary/aromatic N) is 6. The minimum Gasteiger partial charge on any atom is -0.497 e. The van der Waals surface area contributed by atoms with Crippen LogP contribution in [-0.2, 0) is 6.54 Å². The van der Waals surface area contributed by atoms with Crippen molar-refractivity contribution in [2.75, 3.05) is 25.1 Å². The van der Waals surface area contributed by atoms with E-state index in [-0.39, 0.29) is 5.88 Å². The fourth-order valence-corrected chi connectivity index (χ4v) is 4.44. The Hall–Kier alpha value is -4.12. The third-order valence-electron chi connectivity index (χ3n) is 6.43. The van der Waals surface area contributed by atoms with E-state index >= 15 is 0 Å². The first-order valence-corrected chi connectivity index (χ1v) is 12.1. The second-order valence-corrected chi connectivity index (χ2v) is 9.50. The summed E-state index contributed by atoms with van der Waals surface area (Å²) in [4.78, 5) is 26.9. The third-order valence-corrected chi connectivity index (χ3v) is 6.74. The maximum absolute atomic E-state index is 11.2. The number of anilines is 1. The van der Waals surface area contributed by atoms with Gasteiger partial charge in [-0.3, -0.25) is 4.98 Å². The van der Waals surface area contributed by atoms with Gasteiger partial charge >= 0.3 is 6.09 Å². The van der Waals surface area contributed by atoms with Crippen molar-refractivity contribution < 1.29 is 19.4 Å². The molecular formula is C25H26ClN7O4. The lowest BCUT2D eigenvalue weighted by Gasteiger charge is -2.39. The number of halogens is 1. The first-order valence-electron chi connectivity index (χ1n) is 11.7. The van der Waals surface area contributed by atoms with E-state index in [9.17, 15) is 4.79 Å². The van der Waals surface area contributed by atoms with Crippen LogP contribution in [0.4, 0.5) is 10.6 Å². The van der Waals surface area contributed by atoms with Gasteiger partial charge in [-0.1, -0.05) is 23.7 Å². The Balaban J connectivity index is 1.47. The second kappa shape index (κ2) is 10.1. The van der Waals surface area contributed by atoms with Gasteiger partial charge in [0.25, 0.3) is 5.88 Å². The predicted molar refractivity (Wildman–Crippen MR) is 138 cm³/mol. The summed E-state index contributed by atoms with van der Waals surface area (Å²) < 4.78 is 13.0. The van der Waals surface area contributed by atoms with Gasteiger partial charge in [-0.25, -0.2) is 19.4 Å². The average molecular weight is 524 g/mol. The largest absolute Gasteiger partial charge is 0.497 e. The molecule has 2 N–H and O–H groups in total. The molecule has 1 aromatic carbocycles. The number of nitrogens with one attached hydrogen (secondary N) is 1. The summed E-state index contributed by atoms with van der Waals surface area (Å²) in [6.45, 7) is 3.63. The number of rotatable bonds is 7. The van der Waals surface area contributed by atoms with Crippen LogP contribution in [0.25, 0.3) is 11.2 Å². The summed E-state index contributed by atoms with van der Waals surface area (Å²) in [7, 11) is 1.63. The third kappa shape index (κ3) is 5.36. The van der Waals surface area contributed by atoms with Crippen molar-refractivity contribution in [3.8, 4) is 17.4 Å². The van der Waals surface area contributed by atoms with Gasteiger partial charge in [0.2, 0.25) is 0 Å². The minimum absolute atomic E-state index is 0.273. The quantitative estimate of drug-likeness (QED) is 0.363. The molecule has 1 amide bonds. The van der Waals surface area contributed by atoms with E-state index in [2.05, 4.69) is 25.3 Å². The van der Waals surface area contributed by atoms with Crippen LogP contribution in [0.2, 0.25) is 5.02 Å². The lowest BCUT2D eigenvalue weighted by atomic mass is 9.90. The fourth-order valence-electron chi connectivity index (χ4n) is 4.30. The fraction of sp³-hybridized carbons (Fsp3) is 0.320. The van der Waals surface area contributed by atoms with E-state index in [1.54, 1.807) is 30.3 Å². The van der Waals surface area contributed by atoms with Crippen LogP contribution in [-0.4, -0.2) is 61.7 Å². The van der Waals surface area contributed by atoms with Gasteiger partial charge in [-0.15, -0.1) is 5.10 Å². The maximum atomic E-state index is 11.2. The molecule has 0 spiro atoms. The molecule has 0 saturated carbocycles. The number of carbonyl (C=O) groups is 1. The molecule has 12 heteroatoms. The second-order valence-electron chi connectivity index (χ2n) is 9.10. The monoisotopic (exact) mass is 523 g/mol. The molecule has 192 valence electrons. The van der Waals surface area contributed by atoms with Gasteiger partial charge in [-0.2, -0.15) is 0 Å². The number of methoxy groups -OCH3 is 1. The molecular weight excluding hydrogens is 498 g/mol. The van der Waals surface area contributed by atoms with Gasteiger partial charge in [0, 0.05) is 24.8 Å². The minimum atomic E-state index is -1.01. The normalized spacial score (nSPS) is 14.9. The number of hydrogen-bond donors (Lipinski definition) is 2. The van der Waals surface area contributed by atoms with E-state index in [1.165, 1.54) is 6.20 Å².